The van der Waals surface area contributed by atoms with Crippen LogP contribution in [-0.2, 0) is 19.5 Å². The number of aryl methyl sites for hydroxylation is 2. The van der Waals surface area contributed by atoms with E-state index in [1.807, 2.05) is 12.1 Å². The molecule has 4 rings (SSSR count). The van der Waals surface area contributed by atoms with E-state index < -0.39 is 0 Å². The van der Waals surface area contributed by atoms with Crippen LogP contribution in [0.3, 0.4) is 0 Å². The van der Waals surface area contributed by atoms with Crippen molar-refractivity contribution in [1.82, 2.24) is 9.47 Å². The Morgan fingerprint density at radius 3 is 2.54 bits per heavy atom. The zero-order valence-corrected chi connectivity index (χ0v) is 15.2. The third-order valence-corrected chi connectivity index (χ3v) is 5.34. The molecule has 26 heavy (non-hydrogen) atoms. The molecule has 1 aromatic heterocycles. The van der Waals surface area contributed by atoms with E-state index in [0.29, 0.717) is 0 Å². The van der Waals surface area contributed by atoms with Crippen molar-refractivity contribution < 1.29 is 4.39 Å². The number of nitrogens with zero attached hydrogens (tertiary/aromatic N) is 2. The van der Waals surface area contributed by atoms with E-state index in [4.69, 9.17) is 0 Å². The van der Waals surface area contributed by atoms with E-state index in [2.05, 4.69) is 59.0 Å². The van der Waals surface area contributed by atoms with Gasteiger partial charge in [0.2, 0.25) is 0 Å². The van der Waals surface area contributed by atoms with Gasteiger partial charge in [0.05, 0.1) is 6.04 Å². The minimum Gasteiger partial charge on any atom is -0.350 e. The van der Waals surface area contributed by atoms with Crippen molar-refractivity contribution in [2.75, 3.05) is 6.54 Å². The molecule has 0 unspecified atom stereocenters. The van der Waals surface area contributed by atoms with Crippen molar-refractivity contribution in [2.24, 2.45) is 0 Å². The van der Waals surface area contributed by atoms with Crippen LogP contribution in [-0.4, -0.2) is 16.0 Å². The molecule has 0 aliphatic carbocycles. The van der Waals surface area contributed by atoms with E-state index >= 15 is 0 Å². The fourth-order valence-corrected chi connectivity index (χ4v) is 3.98. The van der Waals surface area contributed by atoms with Crippen molar-refractivity contribution >= 4 is 0 Å². The highest BCUT2D eigenvalue weighted by Gasteiger charge is 2.27. The Kier molecular flexibility index (Phi) is 4.89. The minimum absolute atomic E-state index is 0.0778. The van der Waals surface area contributed by atoms with Gasteiger partial charge in [-0.2, -0.15) is 0 Å². The third kappa shape index (κ3) is 3.45. The minimum atomic E-state index is -0.169. The number of fused-ring (bicyclic) bond motifs is 1. The predicted octanol–water partition coefficient (Wildman–Crippen LogP) is 5.18. The molecule has 0 saturated carbocycles. The van der Waals surface area contributed by atoms with Crippen LogP contribution in [0.2, 0.25) is 0 Å². The molecular weight excluding hydrogens is 323 g/mol. The molecule has 0 spiro atoms. The summed E-state index contributed by atoms with van der Waals surface area (Å²) < 4.78 is 16.3. The molecule has 134 valence electrons. The average molecular weight is 348 g/mol. The Hall–Kier alpha value is -2.39. The zero-order valence-electron chi connectivity index (χ0n) is 15.2. The Morgan fingerprint density at radius 1 is 0.962 bits per heavy atom. The first kappa shape index (κ1) is 17.0. The second-order valence-corrected chi connectivity index (χ2v) is 7.08. The molecule has 1 aliphatic heterocycles. The highest BCUT2D eigenvalue weighted by atomic mass is 19.1. The summed E-state index contributed by atoms with van der Waals surface area (Å²) in [6.07, 6.45) is 4.30. The smallest absolute Gasteiger partial charge is 0.123 e. The van der Waals surface area contributed by atoms with Crippen molar-refractivity contribution in [2.45, 2.75) is 38.9 Å². The fourth-order valence-electron chi connectivity index (χ4n) is 3.98. The fraction of sp³-hybridized carbons (Fsp3) is 0.304. The normalized spacial score (nSPS) is 17.7. The first-order valence-corrected chi connectivity index (χ1v) is 9.47. The molecule has 0 N–H and O–H groups in total. The number of benzene rings is 2. The number of hydrogen-bond acceptors (Lipinski definition) is 1. The summed E-state index contributed by atoms with van der Waals surface area (Å²) in [5.74, 6) is -0.169. The van der Waals surface area contributed by atoms with Gasteiger partial charge >= 0.3 is 0 Å². The number of hydrogen-bond donors (Lipinski definition) is 0. The maximum atomic E-state index is 13.9. The lowest BCUT2D eigenvalue weighted by Crippen LogP contribution is -2.29. The van der Waals surface area contributed by atoms with Crippen LogP contribution in [0, 0.1) is 5.82 Å². The Balaban J connectivity index is 1.70. The molecule has 0 fully saturated rings. The van der Waals surface area contributed by atoms with Crippen LogP contribution >= 0.6 is 0 Å². The Morgan fingerprint density at radius 2 is 1.77 bits per heavy atom. The summed E-state index contributed by atoms with van der Waals surface area (Å²) in [6.45, 7) is 5.06. The van der Waals surface area contributed by atoms with E-state index in [-0.39, 0.29) is 11.9 Å². The molecule has 3 aromatic rings. The van der Waals surface area contributed by atoms with Gasteiger partial charge in [-0.3, -0.25) is 4.90 Å². The molecule has 0 radical (unpaired) electrons. The van der Waals surface area contributed by atoms with Crippen molar-refractivity contribution in [3.05, 3.63) is 95.1 Å². The standard InChI is InChI=1S/C23H25FN2/c1-2-18-9-11-19(12-10-18)17-26-15-5-14-25-13-4-8-22(25)23(26)20-6-3-7-21(24)16-20/h3-4,6-13,16,23H,2,5,14-15,17H2,1H3/t23-/m0/s1. The second kappa shape index (κ2) is 7.46. The lowest BCUT2D eigenvalue weighted by Gasteiger charge is -2.30. The molecule has 1 aliphatic rings. The van der Waals surface area contributed by atoms with Crippen LogP contribution in [0.5, 0.6) is 0 Å². The molecule has 2 nitrogen and oxygen atoms in total. The van der Waals surface area contributed by atoms with Gasteiger partial charge in [-0.25, -0.2) is 4.39 Å². The maximum Gasteiger partial charge on any atom is 0.123 e. The molecule has 1 atom stereocenters. The van der Waals surface area contributed by atoms with Crippen molar-refractivity contribution in [3.63, 3.8) is 0 Å². The summed E-state index contributed by atoms with van der Waals surface area (Å²) in [7, 11) is 0. The van der Waals surface area contributed by atoms with Gasteiger partial charge in [0.1, 0.15) is 5.82 Å². The lowest BCUT2D eigenvalue weighted by molar-refractivity contribution is 0.220. The van der Waals surface area contributed by atoms with E-state index in [0.717, 1.165) is 38.0 Å². The van der Waals surface area contributed by atoms with Crippen LogP contribution < -0.4 is 0 Å². The van der Waals surface area contributed by atoms with Gasteiger partial charge in [-0.05, 0) is 53.8 Å². The molecule has 2 heterocycles. The quantitative estimate of drug-likeness (QED) is 0.630. The summed E-state index contributed by atoms with van der Waals surface area (Å²) >= 11 is 0. The van der Waals surface area contributed by atoms with Crippen LogP contribution in [0.1, 0.15) is 41.8 Å². The lowest BCUT2D eigenvalue weighted by atomic mass is 10.0. The molecule has 0 amide bonds. The topological polar surface area (TPSA) is 8.17 Å². The van der Waals surface area contributed by atoms with Gasteiger partial charge < -0.3 is 4.57 Å². The monoisotopic (exact) mass is 348 g/mol. The largest absolute Gasteiger partial charge is 0.350 e. The van der Waals surface area contributed by atoms with Crippen LogP contribution in [0.4, 0.5) is 4.39 Å². The van der Waals surface area contributed by atoms with Crippen LogP contribution in [0.25, 0.3) is 0 Å². The van der Waals surface area contributed by atoms with Crippen molar-refractivity contribution in [1.29, 1.82) is 0 Å². The van der Waals surface area contributed by atoms with Gasteiger partial charge in [0.25, 0.3) is 0 Å². The van der Waals surface area contributed by atoms with Gasteiger partial charge in [-0.15, -0.1) is 0 Å². The maximum absolute atomic E-state index is 13.9. The second-order valence-electron chi connectivity index (χ2n) is 7.08. The van der Waals surface area contributed by atoms with Gasteiger partial charge in [-0.1, -0.05) is 43.3 Å². The van der Waals surface area contributed by atoms with E-state index in [9.17, 15) is 4.39 Å². The first-order chi connectivity index (χ1) is 12.7. The first-order valence-electron chi connectivity index (χ1n) is 9.47. The molecular formula is C23H25FN2. The highest BCUT2D eigenvalue weighted by Crippen LogP contribution is 2.33. The number of aromatic nitrogens is 1. The van der Waals surface area contributed by atoms with Crippen molar-refractivity contribution in [3.8, 4) is 0 Å². The molecule has 2 aromatic carbocycles. The Bertz CT molecular complexity index is 866. The summed E-state index contributed by atoms with van der Waals surface area (Å²) in [5, 5.41) is 0. The number of rotatable bonds is 4. The molecule has 0 saturated heterocycles. The third-order valence-electron chi connectivity index (χ3n) is 5.34. The predicted molar refractivity (Wildman–Crippen MR) is 104 cm³/mol. The highest BCUT2D eigenvalue weighted by molar-refractivity contribution is 5.31. The molecule has 0 bridgehead atoms. The zero-order chi connectivity index (χ0) is 17.9. The summed E-state index contributed by atoms with van der Waals surface area (Å²) in [5.41, 5.74) is 4.94. The number of halogens is 1. The van der Waals surface area contributed by atoms with E-state index in [1.54, 1.807) is 6.07 Å². The summed E-state index contributed by atoms with van der Waals surface area (Å²) in [6, 6.07) is 20.3. The van der Waals surface area contributed by atoms with Crippen LogP contribution in [0.15, 0.2) is 66.9 Å². The SMILES string of the molecule is CCc1ccc(CN2CCCn3cccc3[C@@H]2c2cccc(F)c2)cc1. The Labute approximate surface area is 154 Å². The summed E-state index contributed by atoms with van der Waals surface area (Å²) in [4.78, 5) is 2.48. The van der Waals surface area contributed by atoms with Gasteiger partial charge in [0, 0.05) is 31.5 Å². The van der Waals surface area contributed by atoms with Gasteiger partial charge in [0.15, 0.2) is 0 Å². The molecule has 3 heteroatoms. The van der Waals surface area contributed by atoms with E-state index in [1.165, 1.54) is 22.9 Å². The average Bonchev–Trinajstić information content (AvgIpc) is 3.04.